The highest BCUT2D eigenvalue weighted by molar-refractivity contribution is 7.86. The maximum Gasteiger partial charge on any atom is 0.295 e. The highest BCUT2D eigenvalue weighted by atomic mass is 32.2. The third-order valence-electron chi connectivity index (χ3n) is 7.65. The summed E-state index contributed by atoms with van der Waals surface area (Å²) in [5, 5.41) is 2.15. The molecule has 2 N–H and O–H groups in total. The maximum absolute atomic E-state index is 12.1. The van der Waals surface area contributed by atoms with Crippen molar-refractivity contribution >= 4 is 32.0 Å². The number of aryl methyl sites for hydroxylation is 1. The van der Waals surface area contributed by atoms with Gasteiger partial charge >= 0.3 is 0 Å². The van der Waals surface area contributed by atoms with Gasteiger partial charge in [-0.3, -0.25) is 9.11 Å². The smallest absolute Gasteiger partial charge is 0.295 e. The molecule has 0 spiro atoms. The predicted octanol–water partition coefficient (Wildman–Crippen LogP) is 2.35. The monoisotopic (exact) mass is 555 g/mol. The Hall–Kier alpha value is -3.05. The fourth-order valence-corrected chi connectivity index (χ4v) is 6.95. The SMILES string of the molecule is CN(C)c1ccc2c(c1)C(C)(C)c1cc3c(cc1=C2)CCC[N+]=3Cc1ccc(S(=O)(=O)O)cc1S(=O)(=O)O. The number of hydrogen-bond donors (Lipinski definition) is 2. The molecule has 0 saturated heterocycles. The van der Waals surface area contributed by atoms with Gasteiger partial charge in [0.2, 0.25) is 5.36 Å². The van der Waals surface area contributed by atoms with Crippen LogP contribution in [0.3, 0.4) is 0 Å². The third kappa shape index (κ3) is 4.66. The van der Waals surface area contributed by atoms with E-state index in [1.165, 1.54) is 22.8 Å². The molecule has 3 aromatic carbocycles. The number of rotatable bonds is 5. The number of benzene rings is 3. The van der Waals surface area contributed by atoms with Gasteiger partial charge in [-0.15, -0.1) is 0 Å². The zero-order valence-electron chi connectivity index (χ0n) is 21.8. The Morgan fingerprint density at radius 3 is 2.32 bits per heavy atom. The van der Waals surface area contributed by atoms with Gasteiger partial charge in [0.05, 0.1) is 4.90 Å². The van der Waals surface area contributed by atoms with Crippen LogP contribution >= 0.6 is 0 Å². The molecule has 0 saturated carbocycles. The van der Waals surface area contributed by atoms with E-state index in [0.717, 1.165) is 46.8 Å². The van der Waals surface area contributed by atoms with Gasteiger partial charge in [0.1, 0.15) is 11.4 Å². The van der Waals surface area contributed by atoms with Crippen molar-refractivity contribution in [2.75, 3.05) is 25.5 Å². The predicted molar refractivity (Wildman–Crippen MR) is 146 cm³/mol. The highest BCUT2D eigenvalue weighted by Crippen LogP contribution is 2.37. The standard InChI is InChI=1S/C28H30N2O6S2/c1-28(2)24-14-22(29(3)4)9-7-18(24)12-21-13-19-6-5-11-30(26(19)16-25(21)28)17-20-8-10-23(37(31,32)33)15-27(20)38(34,35)36/h7-10,12-16H,5-6,11,17H2,1-4H3,(H-,31,32,33,34,35,36)/p+1. The van der Waals surface area contributed by atoms with E-state index in [4.69, 9.17) is 0 Å². The lowest BCUT2D eigenvalue weighted by Gasteiger charge is -2.33. The van der Waals surface area contributed by atoms with Crippen molar-refractivity contribution in [2.24, 2.45) is 0 Å². The molecule has 0 unspecified atom stereocenters. The maximum atomic E-state index is 12.1. The summed E-state index contributed by atoms with van der Waals surface area (Å²) in [4.78, 5) is 0.965. The molecule has 0 bridgehead atoms. The Labute approximate surface area is 223 Å². The summed E-state index contributed by atoms with van der Waals surface area (Å²) in [7, 11) is -5.33. The lowest BCUT2D eigenvalue weighted by molar-refractivity contribution is 0.475. The van der Waals surface area contributed by atoms with E-state index in [0.29, 0.717) is 6.54 Å². The van der Waals surface area contributed by atoms with E-state index in [9.17, 15) is 25.9 Å². The summed E-state index contributed by atoms with van der Waals surface area (Å²) in [6, 6.07) is 14.2. The van der Waals surface area contributed by atoms with Crippen LogP contribution in [0.15, 0.2) is 58.3 Å². The molecule has 8 nitrogen and oxygen atoms in total. The van der Waals surface area contributed by atoms with E-state index in [-0.39, 0.29) is 17.5 Å². The normalized spacial score (nSPS) is 16.2. The second kappa shape index (κ2) is 9.01. The van der Waals surface area contributed by atoms with E-state index < -0.39 is 30.0 Å². The van der Waals surface area contributed by atoms with Crippen LogP contribution in [0, 0.1) is 0 Å². The van der Waals surface area contributed by atoms with Crippen molar-refractivity contribution in [1.29, 1.82) is 0 Å². The van der Waals surface area contributed by atoms with Crippen molar-refractivity contribution in [3.63, 3.8) is 0 Å². The molecule has 0 fully saturated rings. The average molecular weight is 556 g/mol. The summed E-state index contributed by atoms with van der Waals surface area (Å²) in [6.45, 7) is 5.24. The second-order valence-electron chi connectivity index (χ2n) is 10.7. The minimum atomic E-state index is -4.73. The number of nitrogens with zero attached hydrogens (tertiary/aromatic N) is 2. The average Bonchev–Trinajstić information content (AvgIpc) is 2.82. The molecule has 0 atom stereocenters. The van der Waals surface area contributed by atoms with Gasteiger partial charge in [-0.05, 0) is 70.8 Å². The summed E-state index contributed by atoms with van der Waals surface area (Å²) in [5.74, 6) is 0. The highest BCUT2D eigenvalue weighted by Gasteiger charge is 2.32. The molecule has 0 radical (unpaired) electrons. The van der Waals surface area contributed by atoms with E-state index in [1.807, 2.05) is 14.1 Å². The summed E-state index contributed by atoms with van der Waals surface area (Å²) < 4.78 is 68.7. The van der Waals surface area contributed by atoms with Gasteiger partial charge in [0, 0.05) is 48.8 Å². The largest absolute Gasteiger partial charge is 0.378 e. The van der Waals surface area contributed by atoms with E-state index in [1.54, 1.807) is 0 Å². The molecule has 5 rings (SSSR count). The first-order valence-corrected chi connectivity index (χ1v) is 15.2. The van der Waals surface area contributed by atoms with Crippen LogP contribution in [0.25, 0.3) is 6.08 Å². The van der Waals surface area contributed by atoms with Gasteiger partial charge in [-0.2, -0.15) is 16.8 Å². The lowest BCUT2D eigenvalue weighted by Crippen LogP contribution is -2.42. The van der Waals surface area contributed by atoms with Crippen molar-refractivity contribution in [3.8, 4) is 0 Å². The zero-order valence-corrected chi connectivity index (χ0v) is 23.4. The van der Waals surface area contributed by atoms with Crippen LogP contribution in [0.4, 0.5) is 5.69 Å². The Kier molecular flexibility index (Phi) is 6.30. The fourth-order valence-electron chi connectivity index (χ4n) is 5.63. The van der Waals surface area contributed by atoms with Gasteiger partial charge in [-0.25, -0.2) is 4.58 Å². The Balaban J connectivity index is 1.69. The first kappa shape index (κ1) is 26.6. The molecular formula is C28H31N2O6S2+. The van der Waals surface area contributed by atoms with Gasteiger partial charge in [-0.1, -0.05) is 19.9 Å². The van der Waals surface area contributed by atoms with Crippen molar-refractivity contribution < 1.29 is 25.9 Å². The number of hydrogen-bond acceptors (Lipinski definition) is 5. The molecule has 0 aromatic heterocycles. The Morgan fingerprint density at radius 1 is 0.921 bits per heavy atom. The van der Waals surface area contributed by atoms with Crippen LogP contribution in [-0.2, 0) is 38.6 Å². The van der Waals surface area contributed by atoms with Crippen molar-refractivity contribution in [3.05, 3.63) is 86.9 Å². The van der Waals surface area contributed by atoms with Crippen LogP contribution in [0.2, 0.25) is 0 Å². The molecule has 2 aliphatic rings. The number of fused-ring (bicyclic) bond motifs is 3. The third-order valence-corrected chi connectivity index (χ3v) is 9.44. The fraction of sp³-hybridized carbons (Fsp3) is 0.321. The molecule has 38 heavy (non-hydrogen) atoms. The Bertz CT molecular complexity index is 1830. The molecule has 1 aliphatic carbocycles. The van der Waals surface area contributed by atoms with Gasteiger partial charge in [0.25, 0.3) is 20.2 Å². The zero-order chi connectivity index (χ0) is 27.6. The molecule has 10 heteroatoms. The first-order valence-electron chi connectivity index (χ1n) is 12.3. The van der Waals surface area contributed by atoms with E-state index in [2.05, 4.69) is 59.7 Å². The van der Waals surface area contributed by atoms with Crippen LogP contribution in [0.5, 0.6) is 0 Å². The lowest BCUT2D eigenvalue weighted by atomic mass is 9.71. The molecular weight excluding hydrogens is 524 g/mol. The van der Waals surface area contributed by atoms with Crippen LogP contribution < -0.4 is 20.1 Å². The number of anilines is 1. The van der Waals surface area contributed by atoms with E-state index >= 15 is 0 Å². The first-order chi connectivity index (χ1) is 17.7. The molecule has 1 aliphatic heterocycles. The van der Waals surface area contributed by atoms with Crippen molar-refractivity contribution in [1.82, 2.24) is 4.58 Å². The summed E-state index contributed by atoms with van der Waals surface area (Å²) in [5.41, 5.74) is 5.84. The topological polar surface area (TPSA) is 115 Å². The quantitative estimate of drug-likeness (QED) is 0.367. The molecule has 1 heterocycles. The molecule has 0 amide bonds. The summed E-state index contributed by atoms with van der Waals surface area (Å²) >= 11 is 0. The van der Waals surface area contributed by atoms with Crippen LogP contribution in [0.1, 0.15) is 48.1 Å². The van der Waals surface area contributed by atoms with Gasteiger partial charge < -0.3 is 4.90 Å². The minimum Gasteiger partial charge on any atom is -0.378 e. The van der Waals surface area contributed by atoms with Crippen LogP contribution in [-0.4, -0.2) is 46.6 Å². The minimum absolute atomic E-state index is 0.151. The van der Waals surface area contributed by atoms with Crippen molar-refractivity contribution in [2.45, 2.75) is 48.4 Å². The summed E-state index contributed by atoms with van der Waals surface area (Å²) in [6.07, 6.45) is 3.97. The van der Waals surface area contributed by atoms with Gasteiger partial charge in [0.15, 0.2) is 6.54 Å². The second-order valence-corrected chi connectivity index (χ2v) is 13.6. The molecule has 3 aromatic rings. The Morgan fingerprint density at radius 2 is 1.66 bits per heavy atom. The molecule has 200 valence electrons.